The third-order valence-electron chi connectivity index (χ3n) is 5.14. The van der Waals surface area contributed by atoms with Crippen LogP contribution in [0.5, 0.6) is 0 Å². The molecular formula is C23H19N5O2S. The number of aryl methyl sites for hydroxylation is 1. The summed E-state index contributed by atoms with van der Waals surface area (Å²) < 4.78 is 0. The van der Waals surface area contributed by atoms with Crippen molar-refractivity contribution in [3.05, 3.63) is 71.5 Å². The highest BCUT2D eigenvalue weighted by molar-refractivity contribution is 7.18. The summed E-state index contributed by atoms with van der Waals surface area (Å²) in [5.41, 5.74) is 2.70. The molecule has 5 aromatic rings. The van der Waals surface area contributed by atoms with E-state index in [0.717, 1.165) is 37.1 Å². The normalized spacial score (nSPS) is 12.3. The molecule has 0 saturated carbocycles. The van der Waals surface area contributed by atoms with Crippen molar-refractivity contribution >= 4 is 44.2 Å². The molecule has 31 heavy (non-hydrogen) atoms. The van der Waals surface area contributed by atoms with Crippen molar-refractivity contribution in [1.82, 2.24) is 19.9 Å². The predicted molar refractivity (Wildman–Crippen MR) is 122 cm³/mol. The van der Waals surface area contributed by atoms with Crippen molar-refractivity contribution in [2.75, 3.05) is 5.32 Å². The van der Waals surface area contributed by atoms with Gasteiger partial charge in [0.25, 0.3) is 0 Å². The molecule has 0 saturated heterocycles. The van der Waals surface area contributed by atoms with Gasteiger partial charge < -0.3 is 15.4 Å². The summed E-state index contributed by atoms with van der Waals surface area (Å²) in [6.07, 6.45) is 5.58. The van der Waals surface area contributed by atoms with Gasteiger partial charge in [0.05, 0.1) is 5.39 Å². The van der Waals surface area contributed by atoms with E-state index in [1.165, 1.54) is 0 Å². The molecule has 0 amide bonds. The lowest BCUT2D eigenvalue weighted by Gasteiger charge is -2.16. The zero-order valence-corrected chi connectivity index (χ0v) is 17.5. The Morgan fingerprint density at radius 2 is 2.06 bits per heavy atom. The Labute approximate surface area is 181 Å². The molecule has 0 bridgehead atoms. The molecule has 0 aliphatic heterocycles. The number of nitrogens with zero attached hydrogens (tertiary/aromatic N) is 3. The first-order valence-corrected chi connectivity index (χ1v) is 10.6. The molecule has 0 aliphatic rings. The number of fused-ring (bicyclic) bond motifs is 2. The van der Waals surface area contributed by atoms with Gasteiger partial charge in [-0.15, -0.1) is 11.3 Å². The van der Waals surface area contributed by atoms with E-state index in [1.54, 1.807) is 23.7 Å². The van der Waals surface area contributed by atoms with Crippen LogP contribution in [0.25, 0.3) is 32.5 Å². The lowest BCUT2D eigenvalue weighted by molar-refractivity contribution is -0.137. The van der Waals surface area contributed by atoms with E-state index in [1.807, 2.05) is 55.6 Å². The molecule has 5 rings (SSSR count). The van der Waals surface area contributed by atoms with Crippen molar-refractivity contribution < 1.29 is 9.90 Å². The van der Waals surface area contributed by atoms with Crippen molar-refractivity contribution in [2.45, 2.75) is 19.4 Å². The first-order chi connectivity index (χ1) is 15.1. The molecule has 0 aliphatic carbocycles. The summed E-state index contributed by atoms with van der Waals surface area (Å²) in [4.78, 5) is 30.7. The number of carbonyl (C=O) groups is 1. The molecule has 1 aromatic carbocycles. The van der Waals surface area contributed by atoms with Crippen LogP contribution in [0, 0.1) is 6.92 Å². The highest BCUT2D eigenvalue weighted by Crippen LogP contribution is 2.31. The number of hydrogen-bond donors (Lipinski definition) is 3. The van der Waals surface area contributed by atoms with Gasteiger partial charge in [0, 0.05) is 46.4 Å². The van der Waals surface area contributed by atoms with Gasteiger partial charge in [-0.25, -0.2) is 14.8 Å². The Bertz CT molecular complexity index is 1390. The number of benzene rings is 1. The molecule has 0 fully saturated rings. The van der Waals surface area contributed by atoms with Gasteiger partial charge in [0.15, 0.2) is 5.82 Å². The molecule has 8 heteroatoms. The van der Waals surface area contributed by atoms with Crippen LogP contribution >= 0.6 is 11.3 Å². The Morgan fingerprint density at radius 1 is 1.19 bits per heavy atom. The monoisotopic (exact) mass is 429 g/mol. The number of anilines is 1. The number of carboxylic acid groups (broad SMARTS) is 1. The first kappa shape index (κ1) is 19.2. The number of rotatable bonds is 6. The maximum absolute atomic E-state index is 12.1. The van der Waals surface area contributed by atoms with Crippen LogP contribution in [0.3, 0.4) is 0 Å². The number of aliphatic carboxylic acids is 1. The SMILES string of the molecule is Cc1cc2c(NC(Cc3c[nH]c4ccccc34)C(=O)O)nc(-c3cccnc3)nc2s1. The zero-order valence-electron chi connectivity index (χ0n) is 16.7. The second-order valence-electron chi connectivity index (χ2n) is 7.31. The van der Waals surface area contributed by atoms with E-state index >= 15 is 0 Å². The molecule has 1 atom stereocenters. The third-order valence-corrected chi connectivity index (χ3v) is 6.09. The van der Waals surface area contributed by atoms with E-state index in [9.17, 15) is 9.90 Å². The lowest BCUT2D eigenvalue weighted by atomic mass is 10.0. The maximum atomic E-state index is 12.1. The van der Waals surface area contributed by atoms with Crippen LogP contribution in [0.1, 0.15) is 10.4 Å². The van der Waals surface area contributed by atoms with Gasteiger partial charge in [-0.05, 0) is 36.8 Å². The van der Waals surface area contributed by atoms with E-state index in [2.05, 4.69) is 25.3 Å². The average molecular weight is 430 g/mol. The fraction of sp³-hybridized carbons (Fsp3) is 0.130. The average Bonchev–Trinajstić information content (AvgIpc) is 3.36. The number of aromatic amines is 1. The van der Waals surface area contributed by atoms with Crippen molar-refractivity contribution in [3.8, 4) is 11.4 Å². The number of thiophene rings is 1. The number of nitrogens with one attached hydrogen (secondary N) is 2. The number of para-hydroxylation sites is 1. The summed E-state index contributed by atoms with van der Waals surface area (Å²) >= 11 is 1.55. The van der Waals surface area contributed by atoms with Gasteiger partial charge >= 0.3 is 5.97 Å². The minimum atomic E-state index is -0.938. The summed E-state index contributed by atoms with van der Waals surface area (Å²) in [7, 11) is 0. The van der Waals surface area contributed by atoms with Gasteiger partial charge in [-0.3, -0.25) is 4.98 Å². The Balaban J connectivity index is 1.54. The summed E-state index contributed by atoms with van der Waals surface area (Å²) in [5.74, 6) is 0.0913. The zero-order chi connectivity index (χ0) is 21.4. The van der Waals surface area contributed by atoms with Gasteiger partial charge in [0.2, 0.25) is 0 Å². The lowest BCUT2D eigenvalue weighted by Crippen LogP contribution is -2.32. The number of hydrogen-bond acceptors (Lipinski definition) is 6. The first-order valence-electron chi connectivity index (χ1n) is 9.81. The molecule has 7 nitrogen and oxygen atoms in total. The quantitative estimate of drug-likeness (QED) is 0.363. The minimum Gasteiger partial charge on any atom is -0.480 e. The van der Waals surface area contributed by atoms with E-state index < -0.39 is 12.0 Å². The van der Waals surface area contributed by atoms with Crippen LogP contribution in [0.4, 0.5) is 5.82 Å². The van der Waals surface area contributed by atoms with E-state index in [-0.39, 0.29) is 0 Å². The summed E-state index contributed by atoms with van der Waals surface area (Å²) in [6.45, 7) is 2.00. The standard InChI is InChI=1S/C23H19N5O2S/c1-13-9-17-21(27-20(28-22(17)31-13)14-5-4-8-24-11-14)26-19(23(29)30)10-15-12-25-18-7-3-2-6-16(15)18/h2-9,11-12,19,25H,10H2,1H3,(H,29,30)(H,26,27,28). The third kappa shape index (κ3) is 3.73. The fourth-order valence-electron chi connectivity index (χ4n) is 3.66. The van der Waals surface area contributed by atoms with Crippen molar-refractivity contribution in [3.63, 3.8) is 0 Å². The summed E-state index contributed by atoms with van der Waals surface area (Å²) in [6, 6.07) is 12.7. The van der Waals surface area contributed by atoms with Crippen LogP contribution in [0.15, 0.2) is 61.1 Å². The van der Waals surface area contributed by atoms with Crippen LogP contribution in [0.2, 0.25) is 0 Å². The molecule has 0 spiro atoms. The van der Waals surface area contributed by atoms with Gasteiger partial charge in [-0.1, -0.05) is 18.2 Å². The molecule has 0 radical (unpaired) electrons. The maximum Gasteiger partial charge on any atom is 0.326 e. The minimum absolute atomic E-state index is 0.316. The highest BCUT2D eigenvalue weighted by Gasteiger charge is 2.22. The van der Waals surface area contributed by atoms with Gasteiger partial charge in [-0.2, -0.15) is 0 Å². The van der Waals surface area contributed by atoms with Crippen LogP contribution in [-0.4, -0.2) is 37.1 Å². The summed E-state index contributed by atoms with van der Waals surface area (Å²) in [5, 5.41) is 15.0. The van der Waals surface area contributed by atoms with E-state index in [4.69, 9.17) is 0 Å². The smallest absolute Gasteiger partial charge is 0.326 e. The van der Waals surface area contributed by atoms with Gasteiger partial charge in [0.1, 0.15) is 16.7 Å². The number of aromatic nitrogens is 4. The molecule has 4 heterocycles. The topological polar surface area (TPSA) is 104 Å². The number of H-pyrrole nitrogens is 1. The predicted octanol–water partition coefficient (Wildman–Crippen LogP) is 4.65. The highest BCUT2D eigenvalue weighted by atomic mass is 32.1. The molecule has 154 valence electrons. The molecule has 3 N–H and O–H groups in total. The fourth-order valence-corrected chi connectivity index (χ4v) is 4.54. The van der Waals surface area contributed by atoms with Crippen LogP contribution < -0.4 is 5.32 Å². The Hall–Kier alpha value is -3.78. The molecular weight excluding hydrogens is 410 g/mol. The molecule has 4 aromatic heterocycles. The Morgan fingerprint density at radius 3 is 2.87 bits per heavy atom. The molecule has 1 unspecified atom stereocenters. The number of carboxylic acids is 1. The second kappa shape index (κ2) is 7.81. The van der Waals surface area contributed by atoms with Crippen molar-refractivity contribution in [2.24, 2.45) is 0 Å². The van der Waals surface area contributed by atoms with Crippen molar-refractivity contribution in [1.29, 1.82) is 0 Å². The second-order valence-corrected chi connectivity index (χ2v) is 8.55. The van der Waals surface area contributed by atoms with Crippen LogP contribution in [-0.2, 0) is 11.2 Å². The number of pyridine rings is 1. The van der Waals surface area contributed by atoms with E-state index in [0.29, 0.717) is 18.1 Å². The Kier molecular flexibility index (Phi) is 4.83. The largest absolute Gasteiger partial charge is 0.480 e.